The van der Waals surface area contributed by atoms with E-state index in [1.165, 1.54) is 0 Å². The molecule has 2 aromatic heterocycles. The van der Waals surface area contributed by atoms with Crippen LogP contribution in [0.2, 0.25) is 0 Å². The number of nitrogens with two attached hydrogens (primary N) is 1. The van der Waals surface area contributed by atoms with Crippen LogP contribution in [-0.2, 0) is 6.42 Å². The van der Waals surface area contributed by atoms with Gasteiger partial charge in [0.25, 0.3) is 5.91 Å². The van der Waals surface area contributed by atoms with Crippen LogP contribution in [0, 0.1) is 17.6 Å². The van der Waals surface area contributed by atoms with Crippen LogP contribution >= 0.6 is 27.3 Å². The largest absolute Gasteiger partial charge is 0.397 e. The Labute approximate surface area is 161 Å². The van der Waals surface area contributed by atoms with E-state index in [-0.39, 0.29) is 15.0 Å². The minimum Gasteiger partial charge on any atom is -0.397 e. The van der Waals surface area contributed by atoms with Gasteiger partial charge in [0.2, 0.25) is 0 Å². The molecular weight excluding hydrogens is 424 g/mol. The molecule has 0 aliphatic carbocycles. The second kappa shape index (κ2) is 7.28. The van der Waals surface area contributed by atoms with E-state index < -0.39 is 17.5 Å². The number of fused-ring (bicyclic) bond motifs is 1. The number of nitrogens with zero attached hydrogens (tertiary/aromatic N) is 1. The molecule has 1 aromatic carbocycles. The lowest BCUT2D eigenvalue weighted by molar-refractivity contribution is 0.103. The van der Waals surface area contributed by atoms with Crippen molar-refractivity contribution in [2.75, 3.05) is 11.1 Å². The topological polar surface area (TPSA) is 68.0 Å². The van der Waals surface area contributed by atoms with Gasteiger partial charge in [-0.25, -0.2) is 13.8 Å². The van der Waals surface area contributed by atoms with Crippen LogP contribution in [0.1, 0.15) is 29.2 Å². The number of hydrogen-bond donors (Lipinski definition) is 2. The SMILES string of the molecule is CC(C)Cc1ccc2c(N)c(C(=O)Nc3c(F)cc(F)cc3Br)sc2n1. The van der Waals surface area contributed by atoms with E-state index in [0.717, 1.165) is 29.5 Å². The summed E-state index contributed by atoms with van der Waals surface area (Å²) in [7, 11) is 0. The molecule has 3 N–H and O–H groups in total. The summed E-state index contributed by atoms with van der Waals surface area (Å²) < 4.78 is 27.2. The summed E-state index contributed by atoms with van der Waals surface area (Å²) >= 11 is 4.20. The van der Waals surface area contributed by atoms with Crippen LogP contribution in [-0.4, -0.2) is 10.9 Å². The first-order chi connectivity index (χ1) is 12.3. The minimum absolute atomic E-state index is 0.111. The van der Waals surface area contributed by atoms with Gasteiger partial charge in [0.15, 0.2) is 5.82 Å². The van der Waals surface area contributed by atoms with Gasteiger partial charge in [-0.3, -0.25) is 4.79 Å². The second-order valence-electron chi connectivity index (χ2n) is 6.30. The Hall–Kier alpha value is -2.06. The van der Waals surface area contributed by atoms with Gasteiger partial charge >= 0.3 is 0 Å². The maximum absolute atomic E-state index is 13.9. The number of nitrogens with one attached hydrogen (secondary N) is 1. The molecule has 26 heavy (non-hydrogen) atoms. The molecular formula is C18H16BrF2N3OS. The summed E-state index contributed by atoms with van der Waals surface area (Å²) in [5.41, 5.74) is 7.17. The normalized spacial score (nSPS) is 11.3. The molecule has 0 aliphatic rings. The molecule has 0 aliphatic heterocycles. The highest BCUT2D eigenvalue weighted by molar-refractivity contribution is 9.10. The number of benzene rings is 1. The number of carbonyl (C=O) groups is 1. The predicted octanol–water partition coefficient (Wildman–Crippen LogP) is 5.37. The molecule has 0 saturated heterocycles. The van der Waals surface area contributed by atoms with Crippen LogP contribution in [0.5, 0.6) is 0 Å². The summed E-state index contributed by atoms with van der Waals surface area (Å²) in [6, 6.07) is 5.52. The molecule has 136 valence electrons. The molecule has 4 nitrogen and oxygen atoms in total. The molecule has 3 rings (SSSR count). The maximum Gasteiger partial charge on any atom is 0.268 e. The Morgan fingerprint density at radius 1 is 1.35 bits per heavy atom. The van der Waals surface area contributed by atoms with E-state index >= 15 is 0 Å². The number of rotatable bonds is 4. The third kappa shape index (κ3) is 3.71. The number of aromatic nitrogens is 1. The molecule has 0 saturated carbocycles. The van der Waals surface area contributed by atoms with Crippen molar-refractivity contribution < 1.29 is 13.6 Å². The highest BCUT2D eigenvalue weighted by Crippen LogP contribution is 2.34. The molecule has 2 heterocycles. The average molecular weight is 440 g/mol. The quantitative estimate of drug-likeness (QED) is 0.573. The molecule has 0 radical (unpaired) electrons. The number of carbonyl (C=O) groups excluding carboxylic acids is 1. The third-order valence-electron chi connectivity index (χ3n) is 3.72. The standard InChI is InChI=1S/C18H16BrF2N3OS/c1-8(2)5-10-3-4-11-14(22)16(26-18(11)23-10)17(25)24-15-12(19)6-9(20)7-13(15)21/h3-4,6-8H,5,22H2,1-2H3,(H,24,25). The fourth-order valence-corrected chi connectivity index (χ4v) is 4.08. The number of amides is 1. The smallest absolute Gasteiger partial charge is 0.268 e. The third-order valence-corrected chi connectivity index (χ3v) is 5.46. The van der Waals surface area contributed by atoms with Crippen LogP contribution in [0.25, 0.3) is 10.2 Å². The Morgan fingerprint density at radius 3 is 2.73 bits per heavy atom. The van der Waals surface area contributed by atoms with E-state index in [4.69, 9.17) is 5.73 Å². The zero-order valence-corrected chi connectivity index (χ0v) is 16.5. The molecule has 0 atom stereocenters. The van der Waals surface area contributed by atoms with Gasteiger partial charge < -0.3 is 11.1 Å². The lowest BCUT2D eigenvalue weighted by Gasteiger charge is -2.08. The number of anilines is 2. The molecule has 3 aromatic rings. The van der Waals surface area contributed by atoms with Crippen molar-refractivity contribution >= 4 is 54.8 Å². The van der Waals surface area contributed by atoms with Crippen LogP contribution in [0.3, 0.4) is 0 Å². The van der Waals surface area contributed by atoms with E-state index in [0.29, 0.717) is 27.9 Å². The Morgan fingerprint density at radius 2 is 2.08 bits per heavy atom. The van der Waals surface area contributed by atoms with Crippen molar-refractivity contribution in [3.05, 3.63) is 50.9 Å². The average Bonchev–Trinajstić information content (AvgIpc) is 2.86. The molecule has 0 bridgehead atoms. The van der Waals surface area contributed by atoms with Crippen LogP contribution < -0.4 is 11.1 Å². The maximum atomic E-state index is 13.9. The molecule has 1 amide bonds. The number of hydrogen-bond acceptors (Lipinski definition) is 4. The number of halogens is 3. The van der Waals surface area contributed by atoms with Crippen LogP contribution in [0.15, 0.2) is 28.7 Å². The number of pyridine rings is 1. The summed E-state index contributed by atoms with van der Waals surface area (Å²) in [5, 5.41) is 3.13. The van der Waals surface area contributed by atoms with Gasteiger partial charge in [-0.15, -0.1) is 11.3 Å². The molecule has 0 fully saturated rings. The number of thiophene rings is 1. The van der Waals surface area contributed by atoms with Crippen molar-refractivity contribution in [3.63, 3.8) is 0 Å². The lowest BCUT2D eigenvalue weighted by Crippen LogP contribution is -2.13. The van der Waals surface area contributed by atoms with Crippen molar-refractivity contribution in [1.82, 2.24) is 4.98 Å². The van der Waals surface area contributed by atoms with Crippen molar-refractivity contribution in [2.45, 2.75) is 20.3 Å². The van der Waals surface area contributed by atoms with Gasteiger partial charge in [-0.1, -0.05) is 13.8 Å². The van der Waals surface area contributed by atoms with Crippen molar-refractivity contribution in [2.24, 2.45) is 5.92 Å². The minimum atomic E-state index is -0.873. The predicted molar refractivity (Wildman–Crippen MR) is 105 cm³/mol. The van der Waals surface area contributed by atoms with Gasteiger partial charge in [-0.05, 0) is 46.5 Å². The Bertz CT molecular complexity index is 981. The first-order valence-electron chi connectivity index (χ1n) is 7.90. The highest BCUT2D eigenvalue weighted by Gasteiger charge is 2.20. The molecule has 0 spiro atoms. The van der Waals surface area contributed by atoms with Gasteiger partial charge in [0.05, 0.1) is 11.4 Å². The first kappa shape index (κ1) is 18.7. The molecule has 0 unspecified atom stereocenters. The monoisotopic (exact) mass is 439 g/mol. The summed E-state index contributed by atoms with van der Waals surface area (Å²) in [5.74, 6) is -1.72. The van der Waals surface area contributed by atoms with Gasteiger partial charge in [-0.2, -0.15) is 0 Å². The zero-order chi connectivity index (χ0) is 19.0. The van der Waals surface area contributed by atoms with Crippen molar-refractivity contribution in [3.8, 4) is 0 Å². The van der Waals surface area contributed by atoms with Gasteiger partial charge in [0, 0.05) is 21.6 Å². The van der Waals surface area contributed by atoms with Crippen LogP contribution in [0.4, 0.5) is 20.2 Å². The summed E-state index contributed by atoms with van der Waals surface area (Å²) in [6.07, 6.45) is 0.822. The fraction of sp³-hybridized carbons (Fsp3) is 0.222. The Balaban J connectivity index is 1.95. The van der Waals surface area contributed by atoms with E-state index in [1.807, 2.05) is 12.1 Å². The first-order valence-corrected chi connectivity index (χ1v) is 9.51. The number of nitrogen functional groups attached to an aromatic ring is 1. The van der Waals surface area contributed by atoms with E-state index in [1.54, 1.807) is 0 Å². The highest BCUT2D eigenvalue weighted by atomic mass is 79.9. The van der Waals surface area contributed by atoms with E-state index in [2.05, 4.69) is 40.1 Å². The van der Waals surface area contributed by atoms with E-state index in [9.17, 15) is 13.6 Å². The van der Waals surface area contributed by atoms with Gasteiger partial charge in [0.1, 0.15) is 15.5 Å². The molecule has 8 heteroatoms. The summed E-state index contributed by atoms with van der Waals surface area (Å²) in [4.78, 5) is 18.0. The fourth-order valence-electron chi connectivity index (χ4n) is 2.57. The van der Waals surface area contributed by atoms with Crippen molar-refractivity contribution in [1.29, 1.82) is 0 Å². The zero-order valence-electron chi connectivity index (χ0n) is 14.1. The summed E-state index contributed by atoms with van der Waals surface area (Å²) in [6.45, 7) is 4.20. The second-order valence-corrected chi connectivity index (χ2v) is 8.15. The lowest BCUT2D eigenvalue weighted by atomic mass is 10.1. The Kier molecular flexibility index (Phi) is 5.24.